The molecule has 1 aromatic heterocycles. The van der Waals surface area contributed by atoms with E-state index >= 15 is 0 Å². The summed E-state index contributed by atoms with van der Waals surface area (Å²) in [5, 5.41) is 11.9. The highest BCUT2D eigenvalue weighted by molar-refractivity contribution is 5.97. The van der Waals surface area contributed by atoms with Gasteiger partial charge in [0.1, 0.15) is 24.3 Å². The summed E-state index contributed by atoms with van der Waals surface area (Å²) >= 11 is 0. The third kappa shape index (κ3) is 11.1. The van der Waals surface area contributed by atoms with Gasteiger partial charge in [-0.25, -0.2) is 9.97 Å². The minimum atomic E-state index is -0.768. The number of aromatic nitrogens is 2. The molecule has 2 N–H and O–H groups in total. The van der Waals surface area contributed by atoms with Crippen LogP contribution >= 0.6 is 0 Å². The Hall–Kier alpha value is -4.80. The van der Waals surface area contributed by atoms with Gasteiger partial charge in [0.05, 0.1) is 19.8 Å². The van der Waals surface area contributed by atoms with Crippen molar-refractivity contribution in [1.29, 1.82) is 0 Å². The molecule has 3 aromatic carbocycles. The van der Waals surface area contributed by atoms with Crippen molar-refractivity contribution in [3.8, 4) is 34.0 Å². The van der Waals surface area contributed by atoms with E-state index in [0.29, 0.717) is 62.4 Å². The number of rotatable bonds is 19. The molecule has 1 fully saturated rings. The van der Waals surface area contributed by atoms with Gasteiger partial charge in [0.25, 0.3) is 5.91 Å². The summed E-state index contributed by atoms with van der Waals surface area (Å²) in [4.78, 5) is 37.9. The molecule has 4 aromatic rings. The monoisotopic (exact) mass is 694 g/mol. The molecule has 10 heteroatoms. The molecule has 1 aliphatic heterocycles. The molecule has 2 amide bonds. The molecule has 2 heterocycles. The van der Waals surface area contributed by atoms with E-state index in [0.717, 1.165) is 53.7 Å². The Labute approximate surface area is 301 Å². The number of hydrogen-bond acceptors (Lipinski definition) is 8. The lowest BCUT2D eigenvalue weighted by atomic mass is 9.97. The largest absolute Gasteiger partial charge is 0.494 e. The number of nitrogens with zero attached hydrogens (tertiary/aromatic N) is 3. The van der Waals surface area contributed by atoms with Crippen molar-refractivity contribution in [3.63, 3.8) is 0 Å². The zero-order valence-electron chi connectivity index (χ0n) is 29.9. The topological polar surface area (TPSA) is 123 Å². The molecule has 0 saturated carbocycles. The van der Waals surface area contributed by atoms with E-state index in [1.807, 2.05) is 60.9 Å². The Balaban J connectivity index is 1.21. The van der Waals surface area contributed by atoms with E-state index in [4.69, 9.17) is 19.3 Å². The quantitative estimate of drug-likeness (QED) is 0.0835. The number of benzene rings is 3. The summed E-state index contributed by atoms with van der Waals surface area (Å²) in [6.45, 7) is 8.94. The molecule has 51 heavy (non-hydrogen) atoms. The summed E-state index contributed by atoms with van der Waals surface area (Å²) in [7, 11) is 0. The summed E-state index contributed by atoms with van der Waals surface area (Å²) in [5.74, 6) is 2.49. The number of likely N-dealkylation sites (tertiary alicyclic amines) is 1. The number of hydrogen-bond donors (Lipinski definition) is 2. The molecule has 5 rings (SSSR count). The van der Waals surface area contributed by atoms with E-state index in [-0.39, 0.29) is 24.5 Å². The molecule has 1 atom stereocenters. The number of unbranched alkanes of at least 4 members (excludes halogenated alkanes) is 1. The SMILES string of the molecule is CCCCOc1ccc(C(=O)N[C@@H](Cc2ccc(-c3ncc(-c4ccc(OCCCC(C)C)cc4)cn3)cc2)C(=O)N2CC(COCO)C2)cc1. The first kappa shape index (κ1) is 37.5. The fourth-order valence-electron chi connectivity index (χ4n) is 5.85. The Morgan fingerprint density at radius 3 is 2.06 bits per heavy atom. The highest BCUT2D eigenvalue weighted by Crippen LogP contribution is 2.25. The highest BCUT2D eigenvalue weighted by Gasteiger charge is 2.35. The van der Waals surface area contributed by atoms with E-state index in [9.17, 15) is 9.59 Å². The summed E-state index contributed by atoms with van der Waals surface area (Å²) in [5.41, 5.74) is 4.10. The standard InChI is InChI=1S/C41H50N4O6/c1-4-5-20-50-37-18-14-34(15-19-37)40(47)44-38(41(48)45-25-31(26-45)27-49-28-46)22-30-8-10-33(11-9-30)39-42-23-35(24-43-39)32-12-16-36(17-13-32)51-21-6-7-29(2)3/h8-19,23-24,29,31,38,46H,4-7,20-22,25-28H2,1-3H3,(H,44,47)/t38-/m0/s1. The van der Waals surface area contributed by atoms with Gasteiger partial charge in [-0.15, -0.1) is 0 Å². The Kier molecular flexibility index (Phi) is 13.9. The molecule has 1 saturated heterocycles. The van der Waals surface area contributed by atoms with E-state index < -0.39 is 6.04 Å². The van der Waals surface area contributed by atoms with Gasteiger partial charge in [-0.05, 0) is 72.7 Å². The molecule has 0 aliphatic carbocycles. The van der Waals surface area contributed by atoms with Crippen LogP contribution in [0, 0.1) is 11.8 Å². The number of carbonyl (C=O) groups excluding carboxylic acids is 2. The fraction of sp³-hybridized carbons (Fsp3) is 0.415. The second-order valence-corrected chi connectivity index (χ2v) is 13.5. The third-order valence-electron chi connectivity index (χ3n) is 8.89. The van der Waals surface area contributed by atoms with Gasteiger partial charge >= 0.3 is 0 Å². The third-order valence-corrected chi connectivity index (χ3v) is 8.89. The zero-order chi connectivity index (χ0) is 36.0. The van der Waals surface area contributed by atoms with Crippen molar-refractivity contribution in [2.75, 3.05) is 39.7 Å². The van der Waals surface area contributed by atoms with Crippen LogP contribution < -0.4 is 14.8 Å². The lowest BCUT2D eigenvalue weighted by Crippen LogP contribution is -2.58. The molecular formula is C41H50N4O6. The first-order chi connectivity index (χ1) is 24.8. The smallest absolute Gasteiger partial charge is 0.251 e. The normalized spacial score (nSPS) is 13.5. The predicted octanol–water partition coefficient (Wildman–Crippen LogP) is 6.57. The summed E-state index contributed by atoms with van der Waals surface area (Å²) in [6, 6.07) is 21.9. The maximum absolute atomic E-state index is 13.6. The Morgan fingerprint density at radius 1 is 0.843 bits per heavy atom. The molecule has 0 unspecified atom stereocenters. The van der Waals surface area contributed by atoms with Gasteiger partial charge in [0.15, 0.2) is 5.82 Å². The van der Waals surface area contributed by atoms with Gasteiger partial charge in [-0.1, -0.05) is 63.6 Å². The van der Waals surface area contributed by atoms with Crippen molar-refractivity contribution in [2.45, 2.75) is 58.9 Å². The Morgan fingerprint density at radius 2 is 1.45 bits per heavy atom. The Bertz CT molecular complexity index is 1650. The molecule has 10 nitrogen and oxygen atoms in total. The number of aliphatic hydroxyl groups excluding tert-OH is 1. The number of ether oxygens (including phenoxy) is 3. The van der Waals surface area contributed by atoms with Crippen LogP contribution in [-0.4, -0.2) is 77.5 Å². The van der Waals surface area contributed by atoms with Gasteiger partial charge in [-0.2, -0.15) is 0 Å². The highest BCUT2D eigenvalue weighted by atomic mass is 16.6. The average Bonchev–Trinajstić information content (AvgIpc) is 3.13. The van der Waals surface area contributed by atoms with Crippen LogP contribution in [-0.2, 0) is 16.0 Å². The molecule has 0 bridgehead atoms. The lowest BCUT2D eigenvalue weighted by molar-refractivity contribution is -0.142. The van der Waals surface area contributed by atoms with Crippen molar-refractivity contribution < 1.29 is 28.9 Å². The minimum absolute atomic E-state index is 0.154. The number of aliphatic hydroxyl groups is 1. The molecule has 0 radical (unpaired) electrons. The first-order valence-corrected chi connectivity index (χ1v) is 18.0. The van der Waals surface area contributed by atoms with Crippen LogP contribution in [0.3, 0.4) is 0 Å². The second kappa shape index (κ2) is 19.0. The number of nitrogens with one attached hydrogen (secondary N) is 1. The van der Waals surface area contributed by atoms with Gasteiger partial charge in [0, 0.05) is 54.5 Å². The van der Waals surface area contributed by atoms with Crippen molar-refractivity contribution in [2.24, 2.45) is 11.8 Å². The van der Waals surface area contributed by atoms with Crippen molar-refractivity contribution in [3.05, 3.63) is 96.3 Å². The summed E-state index contributed by atoms with van der Waals surface area (Å²) in [6.07, 6.45) is 8.13. The maximum Gasteiger partial charge on any atom is 0.251 e. The maximum atomic E-state index is 13.6. The number of carbonyl (C=O) groups is 2. The van der Waals surface area contributed by atoms with Crippen LogP contribution in [0.5, 0.6) is 11.5 Å². The van der Waals surface area contributed by atoms with Crippen molar-refractivity contribution in [1.82, 2.24) is 20.2 Å². The van der Waals surface area contributed by atoms with Crippen molar-refractivity contribution >= 4 is 11.8 Å². The average molecular weight is 695 g/mol. The zero-order valence-corrected chi connectivity index (χ0v) is 29.9. The van der Waals surface area contributed by atoms with Crippen LogP contribution in [0.4, 0.5) is 0 Å². The molecule has 0 spiro atoms. The predicted molar refractivity (Wildman–Crippen MR) is 197 cm³/mol. The van der Waals surface area contributed by atoms with Gasteiger partial charge in [-0.3, -0.25) is 9.59 Å². The summed E-state index contributed by atoms with van der Waals surface area (Å²) < 4.78 is 16.7. The molecule has 1 aliphatic rings. The second-order valence-electron chi connectivity index (χ2n) is 13.5. The van der Waals surface area contributed by atoms with Crippen LogP contribution in [0.15, 0.2) is 85.2 Å². The van der Waals surface area contributed by atoms with E-state index in [2.05, 4.69) is 36.1 Å². The van der Waals surface area contributed by atoms with Crippen LogP contribution in [0.1, 0.15) is 62.4 Å². The van der Waals surface area contributed by atoms with E-state index in [1.54, 1.807) is 29.2 Å². The van der Waals surface area contributed by atoms with E-state index in [1.165, 1.54) is 0 Å². The number of amides is 2. The fourth-order valence-corrected chi connectivity index (χ4v) is 5.85. The first-order valence-electron chi connectivity index (χ1n) is 18.0. The minimum Gasteiger partial charge on any atom is -0.494 e. The molecule has 270 valence electrons. The van der Waals surface area contributed by atoms with Gasteiger partial charge in [0.2, 0.25) is 5.91 Å². The lowest BCUT2D eigenvalue weighted by Gasteiger charge is -2.41. The van der Waals surface area contributed by atoms with Gasteiger partial charge < -0.3 is 29.5 Å². The molecular weight excluding hydrogens is 644 g/mol. The van der Waals surface area contributed by atoms with Crippen LogP contribution in [0.2, 0.25) is 0 Å². The van der Waals surface area contributed by atoms with Crippen LogP contribution in [0.25, 0.3) is 22.5 Å².